The molecular weight excluding hydrogens is 404 g/mol. The standard InChI is InChI=1S/C25H28N4OS/c1-28(2)21(13-18-9-5-4-6-10-18)17-29(3)25-26-20(16-24(30)27-25)15-22-14-19-11-7-8-12-23(19)31-22/h4-12,14,16,21H,13,15,17H2,1-3H3,(H,26,27,30). The van der Waals surface area contributed by atoms with Crippen LogP contribution in [0.1, 0.15) is 16.1 Å². The second kappa shape index (κ2) is 9.45. The first kappa shape index (κ1) is 21.3. The van der Waals surface area contributed by atoms with E-state index in [4.69, 9.17) is 4.98 Å². The van der Waals surface area contributed by atoms with Crippen molar-refractivity contribution in [2.45, 2.75) is 18.9 Å². The van der Waals surface area contributed by atoms with E-state index in [0.717, 1.165) is 18.7 Å². The molecule has 0 aliphatic carbocycles. The fraction of sp³-hybridized carbons (Fsp3) is 0.280. The van der Waals surface area contributed by atoms with Gasteiger partial charge in [0.05, 0.1) is 5.69 Å². The van der Waals surface area contributed by atoms with E-state index in [2.05, 4.69) is 72.5 Å². The van der Waals surface area contributed by atoms with Crippen LogP contribution in [0.4, 0.5) is 5.95 Å². The van der Waals surface area contributed by atoms with Crippen molar-refractivity contribution in [1.82, 2.24) is 14.9 Å². The molecule has 0 aliphatic heterocycles. The molecule has 0 fully saturated rings. The zero-order valence-corrected chi connectivity index (χ0v) is 19.0. The molecule has 0 aliphatic rings. The fourth-order valence-corrected chi connectivity index (χ4v) is 4.85. The second-order valence-corrected chi connectivity index (χ2v) is 9.34. The van der Waals surface area contributed by atoms with Crippen LogP contribution in [0, 0.1) is 0 Å². The molecular formula is C25H28N4OS. The van der Waals surface area contributed by atoms with Gasteiger partial charge in [-0.3, -0.25) is 9.78 Å². The van der Waals surface area contributed by atoms with E-state index in [-0.39, 0.29) is 5.56 Å². The Morgan fingerprint density at radius 1 is 1.00 bits per heavy atom. The molecule has 2 heterocycles. The minimum absolute atomic E-state index is 0.113. The second-order valence-electron chi connectivity index (χ2n) is 8.18. The molecule has 6 heteroatoms. The van der Waals surface area contributed by atoms with Gasteiger partial charge in [-0.05, 0) is 43.6 Å². The van der Waals surface area contributed by atoms with Gasteiger partial charge in [-0.25, -0.2) is 4.98 Å². The summed E-state index contributed by atoms with van der Waals surface area (Å²) in [6, 6.07) is 22.9. The van der Waals surface area contributed by atoms with Gasteiger partial charge in [-0.1, -0.05) is 48.5 Å². The van der Waals surface area contributed by atoms with Crippen LogP contribution in [0.15, 0.2) is 71.5 Å². The summed E-state index contributed by atoms with van der Waals surface area (Å²) in [5.41, 5.74) is 1.98. The van der Waals surface area contributed by atoms with Gasteiger partial charge in [0.25, 0.3) is 5.56 Å². The molecule has 31 heavy (non-hydrogen) atoms. The molecule has 1 atom stereocenters. The highest BCUT2D eigenvalue weighted by atomic mass is 32.1. The number of aromatic amines is 1. The lowest BCUT2D eigenvalue weighted by molar-refractivity contribution is 0.294. The van der Waals surface area contributed by atoms with Crippen molar-refractivity contribution in [2.24, 2.45) is 0 Å². The van der Waals surface area contributed by atoms with E-state index < -0.39 is 0 Å². The maximum atomic E-state index is 12.4. The predicted molar refractivity (Wildman–Crippen MR) is 130 cm³/mol. The number of thiophene rings is 1. The molecule has 160 valence electrons. The highest BCUT2D eigenvalue weighted by Crippen LogP contribution is 2.26. The molecule has 0 spiro atoms. The maximum Gasteiger partial charge on any atom is 0.252 e. The minimum Gasteiger partial charge on any atom is -0.344 e. The van der Waals surface area contributed by atoms with Crippen LogP contribution in [-0.4, -0.2) is 48.6 Å². The predicted octanol–water partition coefficient (Wildman–Crippen LogP) is 4.18. The monoisotopic (exact) mass is 432 g/mol. The number of anilines is 1. The summed E-state index contributed by atoms with van der Waals surface area (Å²) < 4.78 is 1.26. The van der Waals surface area contributed by atoms with E-state index in [1.165, 1.54) is 20.5 Å². The fourth-order valence-electron chi connectivity index (χ4n) is 3.77. The number of rotatable bonds is 8. The van der Waals surface area contributed by atoms with Crippen molar-refractivity contribution in [2.75, 3.05) is 32.6 Å². The number of hydrogen-bond donors (Lipinski definition) is 1. The van der Waals surface area contributed by atoms with Gasteiger partial charge in [0.1, 0.15) is 0 Å². The summed E-state index contributed by atoms with van der Waals surface area (Å²) in [6.07, 6.45) is 1.59. The first-order chi connectivity index (χ1) is 15.0. The van der Waals surface area contributed by atoms with E-state index >= 15 is 0 Å². The lowest BCUT2D eigenvalue weighted by Crippen LogP contribution is -2.41. The van der Waals surface area contributed by atoms with Gasteiger partial charge in [0, 0.05) is 41.7 Å². The topological polar surface area (TPSA) is 52.2 Å². The van der Waals surface area contributed by atoms with Crippen molar-refractivity contribution in [3.05, 3.63) is 93.2 Å². The SMILES string of the molecule is CN(CC(Cc1ccccc1)N(C)C)c1nc(Cc2cc3ccccc3s2)cc(=O)[nH]1. The smallest absolute Gasteiger partial charge is 0.252 e. The quantitative estimate of drug-likeness (QED) is 0.454. The van der Waals surface area contributed by atoms with Gasteiger partial charge in [-0.15, -0.1) is 11.3 Å². The molecule has 4 rings (SSSR count). The number of H-pyrrole nitrogens is 1. The van der Waals surface area contributed by atoms with Crippen LogP contribution < -0.4 is 10.5 Å². The number of nitrogens with zero attached hydrogens (tertiary/aromatic N) is 3. The summed E-state index contributed by atoms with van der Waals surface area (Å²) in [5, 5.41) is 1.24. The van der Waals surface area contributed by atoms with Crippen molar-refractivity contribution >= 4 is 27.4 Å². The molecule has 0 saturated heterocycles. The Morgan fingerprint density at radius 2 is 1.74 bits per heavy atom. The van der Waals surface area contributed by atoms with Crippen LogP contribution >= 0.6 is 11.3 Å². The van der Waals surface area contributed by atoms with E-state index in [0.29, 0.717) is 18.4 Å². The van der Waals surface area contributed by atoms with E-state index in [1.807, 2.05) is 24.1 Å². The van der Waals surface area contributed by atoms with Gasteiger partial charge >= 0.3 is 0 Å². The maximum absolute atomic E-state index is 12.4. The lowest BCUT2D eigenvalue weighted by atomic mass is 10.0. The Kier molecular flexibility index (Phi) is 6.49. The number of benzene rings is 2. The molecule has 1 N–H and O–H groups in total. The minimum atomic E-state index is -0.113. The van der Waals surface area contributed by atoms with Crippen molar-refractivity contribution in [3.63, 3.8) is 0 Å². The van der Waals surface area contributed by atoms with Crippen molar-refractivity contribution in [1.29, 1.82) is 0 Å². The normalized spacial score (nSPS) is 12.4. The van der Waals surface area contributed by atoms with Gasteiger partial charge in [0.15, 0.2) is 0 Å². The number of fused-ring (bicyclic) bond motifs is 1. The average Bonchev–Trinajstić information content (AvgIpc) is 3.15. The first-order valence-corrected chi connectivity index (χ1v) is 11.3. The summed E-state index contributed by atoms with van der Waals surface area (Å²) in [6.45, 7) is 0.761. The van der Waals surface area contributed by atoms with Gasteiger partial charge < -0.3 is 9.80 Å². The Bertz CT molecular complexity index is 1170. The largest absolute Gasteiger partial charge is 0.344 e. The highest BCUT2D eigenvalue weighted by molar-refractivity contribution is 7.19. The molecule has 2 aromatic heterocycles. The average molecular weight is 433 g/mol. The summed E-state index contributed by atoms with van der Waals surface area (Å²) in [5.74, 6) is 0.614. The van der Waals surface area contributed by atoms with Crippen molar-refractivity contribution < 1.29 is 0 Å². The molecule has 5 nitrogen and oxygen atoms in total. The molecule has 0 radical (unpaired) electrons. The highest BCUT2D eigenvalue weighted by Gasteiger charge is 2.17. The molecule has 4 aromatic rings. The van der Waals surface area contributed by atoms with Crippen LogP contribution in [0.3, 0.4) is 0 Å². The number of hydrogen-bond acceptors (Lipinski definition) is 5. The van der Waals surface area contributed by atoms with E-state index in [9.17, 15) is 4.79 Å². The molecule has 1 unspecified atom stereocenters. The number of nitrogens with one attached hydrogen (secondary N) is 1. The van der Waals surface area contributed by atoms with Crippen LogP contribution in [0.25, 0.3) is 10.1 Å². The summed E-state index contributed by atoms with van der Waals surface area (Å²) in [7, 11) is 6.17. The summed E-state index contributed by atoms with van der Waals surface area (Å²) in [4.78, 5) is 25.5. The van der Waals surface area contributed by atoms with Gasteiger partial charge in [-0.2, -0.15) is 0 Å². The number of aromatic nitrogens is 2. The third-order valence-electron chi connectivity index (χ3n) is 5.50. The van der Waals surface area contributed by atoms with Gasteiger partial charge in [0.2, 0.25) is 5.95 Å². The van der Waals surface area contributed by atoms with Crippen LogP contribution in [-0.2, 0) is 12.8 Å². The molecule has 0 bridgehead atoms. The Balaban J connectivity index is 1.51. The van der Waals surface area contributed by atoms with E-state index in [1.54, 1.807) is 17.4 Å². The third kappa shape index (κ3) is 5.40. The number of likely N-dealkylation sites (N-methyl/N-ethyl adjacent to an activating group) is 2. The zero-order chi connectivity index (χ0) is 21.8. The molecule has 2 aromatic carbocycles. The zero-order valence-electron chi connectivity index (χ0n) is 18.2. The van der Waals surface area contributed by atoms with Crippen LogP contribution in [0.2, 0.25) is 0 Å². The third-order valence-corrected chi connectivity index (χ3v) is 6.62. The molecule has 0 saturated carbocycles. The van der Waals surface area contributed by atoms with Crippen molar-refractivity contribution in [3.8, 4) is 0 Å². The Morgan fingerprint density at radius 3 is 2.48 bits per heavy atom. The summed E-state index contributed by atoms with van der Waals surface area (Å²) >= 11 is 1.76. The Labute approximate surface area is 187 Å². The first-order valence-electron chi connectivity index (χ1n) is 10.5. The lowest BCUT2D eigenvalue weighted by Gasteiger charge is -2.29. The molecule has 0 amide bonds. The Hall–Kier alpha value is -2.96. The van der Waals surface area contributed by atoms with Crippen LogP contribution in [0.5, 0.6) is 0 Å².